The van der Waals surface area contributed by atoms with Crippen LogP contribution in [-0.4, -0.2) is 18.0 Å². The Bertz CT molecular complexity index is 34.6. The molecule has 0 aromatic heterocycles. The minimum Gasteiger partial charge on any atom is -0.411 e. The molecule has 1 radical (unpaired) electrons. The normalized spacial score (nSPS) is 9.80. The van der Waals surface area contributed by atoms with Gasteiger partial charge in [0.25, 0.3) is 0 Å². The second kappa shape index (κ2) is 3.43. The third-order valence-electron chi connectivity index (χ3n) is 0.156. The van der Waals surface area contributed by atoms with Crippen molar-refractivity contribution in [1.29, 1.82) is 0 Å². The lowest BCUT2D eigenvalue weighted by molar-refractivity contribution is 0.241. The SMILES string of the molecule is [O]C/C=N/O. The molecule has 3 heteroatoms. The highest BCUT2D eigenvalue weighted by Gasteiger charge is 1.59. The van der Waals surface area contributed by atoms with Crippen LogP contribution in [0.5, 0.6) is 0 Å². The average molecular weight is 74.1 g/mol. The van der Waals surface area contributed by atoms with E-state index in [0.29, 0.717) is 0 Å². The fourth-order valence-corrected chi connectivity index (χ4v) is 0.0333. The molecule has 0 unspecified atom stereocenters. The van der Waals surface area contributed by atoms with Crippen molar-refractivity contribution in [2.45, 2.75) is 0 Å². The zero-order valence-electron chi connectivity index (χ0n) is 2.59. The molecule has 3 nitrogen and oxygen atoms in total. The molecular weight excluding hydrogens is 70.0 g/mol. The molecule has 0 rings (SSSR count). The Hall–Kier alpha value is -0.570. The van der Waals surface area contributed by atoms with Crippen molar-refractivity contribution in [2.75, 3.05) is 6.61 Å². The van der Waals surface area contributed by atoms with E-state index in [1.807, 2.05) is 0 Å². The van der Waals surface area contributed by atoms with Crippen LogP contribution in [0.15, 0.2) is 5.16 Å². The van der Waals surface area contributed by atoms with Gasteiger partial charge in [-0.3, -0.25) is 0 Å². The average Bonchev–Trinajstić information content (AvgIpc) is 1.41. The van der Waals surface area contributed by atoms with E-state index in [0.717, 1.165) is 6.21 Å². The van der Waals surface area contributed by atoms with E-state index in [1.54, 1.807) is 0 Å². The van der Waals surface area contributed by atoms with Gasteiger partial charge < -0.3 is 5.21 Å². The Kier molecular flexibility index (Phi) is 3.04. The topological polar surface area (TPSA) is 52.5 Å². The first-order valence-electron chi connectivity index (χ1n) is 1.16. The van der Waals surface area contributed by atoms with Crippen molar-refractivity contribution in [3.05, 3.63) is 0 Å². The first-order chi connectivity index (χ1) is 2.41. The molecule has 5 heavy (non-hydrogen) atoms. The lowest BCUT2D eigenvalue weighted by atomic mass is 10.8. The van der Waals surface area contributed by atoms with Crippen molar-refractivity contribution in [2.24, 2.45) is 5.16 Å². The molecule has 0 aliphatic heterocycles. The van der Waals surface area contributed by atoms with Gasteiger partial charge in [-0.05, 0) is 0 Å². The highest BCUT2D eigenvalue weighted by Crippen LogP contribution is 1.45. The van der Waals surface area contributed by atoms with Crippen molar-refractivity contribution >= 4 is 6.21 Å². The summed E-state index contributed by atoms with van der Waals surface area (Å²) in [5.74, 6) is 0. The van der Waals surface area contributed by atoms with Crippen LogP contribution < -0.4 is 0 Å². The predicted molar refractivity (Wildman–Crippen MR) is 15.8 cm³/mol. The first-order valence-corrected chi connectivity index (χ1v) is 1.16. The number of hydrogen-bond donors (Lipinski definition) is 1. The Labute approximate surface area is 29.5 Å². The van der Waals surface area contributed by atoms with Crippen LogP contribution >= 0.6 is 0 Å². The van der Waals surface area contributed by atoms with Crippen molar-refractivity contribution in [3.8, 4) is 0 Å². The van der Waals surface area contributed by atoms with Gasteiger partial charge in [0.05, 0.1) is 6.21 Å². The third kappa shape index (κ3) is 3.43. The Balaban J connectivity index is 2.62. The summed E-state index contributed by atoms with van der Waals surface area (Å²) in [6, 6.07) is 0. The minimum absolute atomic E-state index is 0.448. The summed E-state index contributed by atoms with van der Waals surface area (Å²) < 4.78 is 0. The number of hydrogen-bond acceptors (Lipinski definition) is 2. The fraction of sp³-hybridized carbons (Fsp3) is 0.500. The molecule has 0 aromatic carbocycles. The van der Waals surface area contributed by atoms with Gasteiger partial charge in [0.2, 0.25) is 0 Å². The van der Waals surface area contributed by atoms with Crippen LogP contribution in [0.25, 0.3) is 0 Å². The van der Waals surface area contributed by atoms with E-state index in [9.17, 15) is 5.11 Å². The van der Waals surface area contributed by atoms with Crippen molar-refractivity contribution in [1.82, 2.24) is 0 Å². The summed E-state index contributed by atoms with van der Waals surface area (Å²) in [5, 5.41) is 19.1. The summed E-state index contributed by atoms with van der Waals surface area (Å²) in [6.45, 7) is -0.448. The minimum atomic E-state index is -0.448. The number of rotatable bonds is 1. The molecule has 0 heterocycles. The molecule has 0 aliphatic rings. The van der Waals surface area contributed by atoms with Crippen LogP contribution in [0, 0.1) is 0 Å². The smallest absolute Gasteiger partial charge is 0.121 e. The molecule has 0 aromatic rings. The fourth-order valence-electron chi connectivity index (χ4n) is 0.0333. The van der Waals surface area contributed by atoms with E-state index in [2.05, 4.69) is 5.16 Å². The van der Waals surface area contributed by atoms with Gasteiger partial charge in [0.15, 0.2) is 0 Å². The van der Waals surface area contributed by atoms with E-state index in [-0.39, 0.29) is 0 Å². The molecule has 0 aliphatic carbocycles. The largest absolute Gasteiger partial charge is 0.411 e. The second-order valence-corrected chi connectivity index (χ2v) is 0.465. The van der Waals surface area contributed by atoms with Crippen LogP contribution in [0.3, 0.4) is 0 Å². The lowest BCUT2D eigenvalue weighted by Crippen LogP contribution is -1.75. The van der Waals surface area contributed by atoms with Crippen LogP contribution in [0.2, 0.25) is 0 Å². The van der Waals surface area contributed by atoms with Crippen LogP contribution in [0.4, 0.5) is 0 Å². The van der Waals surface area contributed by atoms with E-state index >= 15 is 0 Å². The Morgan fingerprint density at radius 2 is 2.60 bits per heavy atom. The van der Waals surface area contributed by atoms with Crippen molar-refractivity contribution < 1.29 is 10.3 Å². The van der Waals surface area contributed by atoms with Crippen LogP contribution in [0.1, 0.15) is 0 Å². The van der Waals surface area contributed by atoms with E-state index in [4.69, 9.17) is 5.21 Å². The maximum Gasteiger partial charge on any atom is 0.121 e. The summed E-state index contributed by atoms with van der Waals surface area (Å²) in [6.07, 6.45) is 0.875. The molecule has 0 fully saturated rings. The standard InChI is InChI=1S/C2H4NO2/c4-2-1-3-5/h1,5H,2H2/b3-1+. The Morgan fingerprint density at radius 1 is 2.00 bits per heavy atom. The third-order valence-corrected chi connectivity index (χ3v) is 0.156. The van der Waals surface area contributed by atoms with Gasteiger partial charge in [-0.2, -0.15) is 0 Å². The second-order valence-electron chi connectivity index (χ2n) is 0.465. The molecule has 29 valence electrons. The van der Waals surface area contributed by atoms with Crippen molar-refractivity contribution in [3.63, 3.8) is 0 Å². The van der Waals surface area contributed by atoms with Gasteiger partial charge in [0.1, 0.15) is 6.61 Å². The zero-order valence-corrected chi connectivity index (χ0v) is 2.59. The first kappa shape index (κ1) is 4.43. The van der Waals surface area contributed by atoms with Crippen LogP contribution in [-0.2, 0) is 5.11 Å². The summed E-state index contributed by atoms with van der Waals surface area (Å²) in [5.41, 5.74) is 0. The molecule has 0 saturated carbocycles. The maximum atomic E-state index is 9.22. The van der Waals surface area contributed by atoms with Gasteiger partial charge in [-0.25, -0.2) is 5.11 Å². The predicted octanol–water partition coefficient (Wildman–Crippen LogP) is -0.123. The highest BCUT2D eigenvalue weighted by molar-refractivity contribution is 5.56. The molecule has 0 saturated heterocycles. The molecule has 0 bridgehead atoms. The summed E-state index contributed by atoms with van der Waals surface area (Å²) in [4.78, 5) is 0. The van der Waals surface area contributed by atoms with E-state index < -0.39 is 6.61 Å². The van der Waals surface area contributed by atoms with Gasteiger partial charge in [-0.1, -0.05) is 5.16 Å². The zero-order chi connectivity index (χ0) is 4.12. The van der Waals surface area contributed by atoms with Gasteiger partial charge >= 0.3 is 0 Å². The molecular formula is C2H4NO2. The lowest BCUT2D eigenvalue weighted by Gasteiger charge is -1.62. The molecule has 1 N–H and O–H groups in total. The molecule has 0 atom stereocenters. The number of nitrogens with zero attached hydrogens (tertiary/aromatic N) is 1. The monoisotopic (exact) mass is 74.0 g/mol. The highest BCUT2D eigenvalue weighted by atomic mass is 16.4. The molecule has 0 amide bonds. The van der Waals surface area contributed by atoms with E-state index in [1.165, 1.54) is 0 Å². The van der Waals surface area contributed by atoms with Gasteiger partial charge in [0, 0.05) is 0 Å². The maximum absolute atomic E-state index is 9.22. The summed E-state index contributed by atoms with van der Waals surface area (Å²) >= 11 is 0. The van der Waals surface area contributed by atoms with Gasteiger partial charge in [-0.15, -0.1) is 0 Å². The quantitative estimate of drug-likeness (QED) is 0.263. The molecule has 0 spiro atoms. The number of oxime groups is 1. The summed E-state index contributed by atoms with van der Waals surface area (Å²) in [7, 11) is 0. The Morgan fingerprint density at radius 3 is 2.60 bits per heavy atom.